The van der Waals surface area contributed by atoms with E-state index >= 15 is 0 Å². The fraction of sp³-hybridized carbons (Fsp3) is 0.556. The van der Waals surface area contributed by atoms with Crippen molar-refractivity contribution in [2.24, 2.45) is 5.41 Å². The van der Waals surface area contributed by atoms with Crippen molar-refractivity contribution in [1.82, 2.24) is 0 Å². The molecule has 0 aromatic rings. The first-order valence-corrected chi connectivity index (χ1v) is 12.5. The topological polar surface area (TPSA) is 151 Å². The Hall–Kier alpha value is -3.36. The third-order valence-corrected chi connectivity index (χ3v) is 4.95. The summed E-state index contributed by atoms with van der Waals surface area (Å²) in [6, 6.07) is 0. The Morgan fingerprint density at radius 1 is 0.600 bits per heavy atom. The maximum atomic E-state index is 12.8. The van der Waals surface area contributed by atoms with E-state index in [1.807, 2.05) is 0 Å². The molecule has 0 heterocycles. The van der Waals surface area contributed by atoms with Crippen molar-refractivity contribution in [3.05, 3.63) is 50.6 Å². The van der Waals surface area contributed by atoms with Crippen molar-refractivity contribution < 1.29 is 61.8 Å². The van der Waals surface area contributed by atoms with E-state index in [9.17, 15) is 19.2 Å². The minimum Gasteiger partial charge on any atom is -0.461 e. The fourth-order valence-electron chi connectivity index (χ4n) is 3.55. The lowest BCUT2D eigenvalue weighted by atomic mass is 9.80. The van der Waals surface area contributed by atoms with Gasteiger partial charge in [0.15, 0.2) is 0 Å². The molecule has 0 aliphatic rings. The van der Waals surface area contributed by atoms with Gasteiger partial charge < -0.3 is 42.6 Å². The molecule has 0 fully saturated rings. The second kappa shape index (κ2) is 18.1. The van der Waals surface area contributed by atoms with Gasteiger partial charge in [-0.2, -0.15) is 0 Å². The van der Waals surface area contributed by atoms with E-state index in [1.54, 1.807) is 0 Å². The Bertz CT molecular complexity index is 841. The van der Waals surface area contributed by atoms with E-state index in [0.717, 1.165) is 24.3 Å². The standard InChI is InChI=1S/C27H40O13/c1-10-20(28)33-19-25(24(32-14-5)38-21(29)11-2,26(34-15-6,35-16-7)39-22(30)12-3)27(36-17-8,37-18-9)40-23(31)13-4/h10-13,24H,1-4,14-19H2,5-9H3. The minimum atomic E-state index is -2.78. The molecule has 1 atom stereocenters. The molecule has 0 rings (SSSR count). The molecule has 0 aliphatic heterocycles. The summed E-state index contributed by atoms with van der Waals surface area (Å²) in [6.45, 7) is 19.0. The van der Waals surface area contributed by atoms with Gasteiger partial charge in [0.1, 0.15) is 6.61 Å². The van der Waals surface area contributed by atoms with Crippen molar-refractivity contribution in [3.63, 3.8) is 0 Å². The maximum absolute atomic E-state index is 12.8. The summed E-state index contributed by atoms with van der Waals surface area (Å²) in [5, 5.41) is 0. The molecule has 13 nitrogen and oxygen atoms in total. The maximum Gasteiger partial charge on any atom is 0.354 e. The summed E-state index contributed by atoms with van der Waals surface area (Å²) in [6.07, 6.45) is 1.21. The number of ether oxygens (including phenoxy) is 9. The average Bonchev–Trinajstić information content (AvgIpc) is 2.93. The Balaban J connectivity index is 8.45. The van der Waals surface area contributed by atoms with Crippen LogP contribution in [0, 0.1) is 5.41 Å². The molecular weight excluding hydrogens is 532 g/mol. The summed E-state index contributed by atoms with van der Waals surface area (Å²) in [5.41, 5.74) is -2.65. The van der Waals surface area contributed by atoms with E-state index in [-0.39, 0.29) is 33.0 Å². The van der Waals surface area contributed by atoms with Crippen LogP contribution in [0.1, 0.15) is 34.6 Å². The van der Waals surface area contributed by atoms with E-state index in [4.69, 9.17) is 42.6 Å². The van der Waals surface area contributed by atoms with Crippen LogP contribution in [-0.4, -0.2) is 81.8 Å². The summed E-state index contributed by atoms with van der Waals surface area (Å²) in [5.74, 6) is -9.82. The molecule has 0 spiro atoms. The summed E-state index contributed by atoms with van der Waals surface area (Å²) >= 11 is 0. The Morgan fingerprint density at radius 2 is 0.975 bits per heavy atom. The van der Waals surface area contributed by atoms with Crippen LogP contribution in [0.15, 0.2) is 50.6 Å². The van der Waals surface area contributed by atoms with Gasteiger partial charge >= 0.3 is 35.8 Å². The molecule has 226 valence electrons. The van der Waals surface area contributed by atoms with Crippen LogP contribution in [0.25, 0.3) is 0 Å². The van der Waals surface area contributed by atoms with Gasteiger partial charge in [-0.05, 0) is 34.6 Å². The highest BCUT2D eigenvalue weighted by Crippen LogP contribution is 2.53. The van der Waals surface area contributed by atoms with Crippen LogP contribution in [0.2, 0.25) is 0 Å². The second-order valence-corrected chi connectivity index (χ2v) is 7.31. The molecule has 0 N–H and O–H groups in total. The number of carbonyl (C=O) groups is 4. The zero-order chi connectivity index (χ0) is 30.8. The summed E-state index contributed by atoms with van der Waals surface area (Å²) < 4.78 is 51.8. The molecule has 40 heavy (non-hydrogen) atoms. The van der Waals surface area contributed by atoms with Crippen molar-refractivity contribution in [2.75, 3.05) is 39.6 Å². The summed E-state index contributed by atoms with van der Waals surface area (Å²) in [7, 11) is 0. The lowest BCUT2D eigenvalue weighted by Crippen LogP contribution is -2.76. The second-order valence-electron chi connectivity index (χ2n) is 7.31. The van der Waals surface area contributed by atoms with E-state index in [0.29, 0.717) is 0 Å². The Morgan fingerprint density at radius 3 is 1.27 bits per heavy atom. The van der Waals surface area contributed by atoms with Gasteiger partial charge in [-0.3, -0.25) is 0 Å². The predicted molar refractivity (Wildman–Crippen MR) is 140 cm³/mol. The van der Waals surface area contributed by atoms with Gasteiger partial charge in [-0.25, -0.2) is 19.2 Å². The van der Waals surface area contributed by atoms with E-state index < -0.39 is 54.1 Å². The van der Waals surface area contributed by atoms with Crippen LogP contribution < -0.4 is 0 Å². The van der Waals surface area contributed by atoms with Crippen LogP contribution in [0.3, 0.4) is 0 Å². The van der Waals surface area contributed by atoms with Crippen LogP contribution in [0.5, 0.6) is 0 Å². The van der Waals surface area contributed by atoms with Gasteiger partial charge in [-0.1, -0.05) is 26.3 Å². The molecule has 0 amide bonds. The lowest BCUT2D eigenvalue weighted by molar-refractivity contribution is -0.534. The monoisotopic (exact) mass is 572 g/mol. The quantitative estimate of drug-likeness (QED) is 0.0810. The molecule has 0 aliphatic carbocycles. The molecule has 13 heteroatoms. The normalized spacial score (nSPS) is 12.4. The molecule has 0 aromatic heterocycles. The average molecular weight is 573 g/mol. The smallest absolute Gasteiger partial charge is 0.354 e. The molecule has 0 aromatic carbocycles. The number of esters is 4. The van der Waals surface area contributed by atoms with Crippen molar-refractivity contribution in [3.8, 4) is 0 Å². The first-order valence-electron chi connectivity index (χ1n) is 12.5. The van der Waals surface area contributed by atoms with E-state index in [1.165, 1.54) is 34.6 Å². The predicted octanol–water partition coefficient (Wildman–Crippen LogP) is 2.71. The minimum absolute atomic E-state index is 0.167. The largest absolute Gasteiger partial charge is 0.461 e. The van der Waals surface area contributed by atoms with Gasteiger partial charge in [0.05, 0.1) is 26.4 Å². The number of rotatable bonds is 22. The van der Waals surface area contributed by atoms with Crippen LogP contribution >= 0.6 is 0 Å². The first-order chi connectivity index (χ1) is 19.0. The number of hydrogen-bond acceptors (Lipinski definition) is 13. The molecule has 0 bridgehead atoms. The van der Waals surface area contributed by atoms with Gasteiger partial charge in [0.25, 0.3) is 5.41 Å². The Kier molecular flexibility index (Phi) is 16.6. The number of hydrogen-bond donors (Lipinski definition) is 0. The molecule has 0 radical (unpaired) electrons. The van der Waals surface area contributed by atoms with Gasteiger partial charge in [0.2, 0.25) is 6.29 Å². The van der Waals surface area contributed by atoms with Crippen molar-refractivity contribution >= 4 is 23.9 Å². The molecular formula is C27H40O13. The zero-order valence-corrected chi connectivity index (χ0v) is 23.8. The van der Waals surface area contributed by atoms with Crippen molar-refractivity contribution in [1.29, 1.82) is 0 Å². The van der Waals surface area contributed by atoms with Gasteiger partial charge in [0, 0.05) is 30.9 Å². The fourth-order valence-corrected chi connectivity index (χ4v) is 3.55. The SMILES string of the molecule is C=CC(=O)OCC(C(OCC)OC(=O)C=C)(C(OCC)(OCC)OC(=O)C=C)C(OCC)(OCC)OC(=O)C=C. The molecule has 1 unspecified atom stereocenters. The summed E-state index contributed by atoms with van der Waals surface area (Å²) in [4.78, 5) is 50.7. The zero-order valence-electron chi connectivity index (χ0n) is 23.8. The van der Waals surface area contributed by atoms with Gasteiger partial charge in [-0.15, -0.1) is 0 Å². The Labute approximate surface area is 234 Å². The van der Waals surface area contributed by atoms with Crippen LogP contribution in [-0.2, 0) is 61.8 Å². The highest BCUT2D eigenvalue weighted by Gasteiger charge is 2.79. The number of carbonyl (C=O) groups excluding carboxylic acids is 4. The highest BCUT2D eigenvalue weighted by atomic mass is 16.9. The third kappa shape index (κ3) is 8.57. The first kappa shape index (κ1) is 36.6. The van der Waals surface area contributed by atoms with E-state index in [2.05, 4.69) is 26.3 Å². The lowest BCUT2D eigenvalue weighted by Gasteiger charge is -2.54. The molecule has 0 saturated carbocycles. The van der Waals surface area contributed by atoms with Crippen LogP contribution in [0.4, 0.5) is 0 Å². The molecule has 0 saturated heterocycles. The third-order valence-electron chi connectivity index (χ3n) is 4.95. The van der Waals surface area contributed by atoms with Crippen molar-refractivity contribution in [2.45, 2.75) is 52.9 Å². The highest BCUT2D eigenvalue weighted by molar-refractivity contribution is 5.83.